The third-order valence-corrected chi connectivity index (χ3v) is 3.41. The maximum absolute atomic E-state index is 11.8. The monoisotopic (exact) mass is 291 g/mol. The van der Waals surface area contributed by atoms with Gasteiger partial charge in [-0.15, -0.1) is 0 Å². The number of rotatable bonds is 3. The highest BCUT2D eigenvalue weighted by Crippen LogP contribution is 2.28. The molecule has 1 aliphatic rings. The van der Waals surface area contributed by atoms with Gasteiger partial charge in [0.05, 0.1) is 11.4 Å². The molecule has 0 unspecified atom stereocenters. The van der Waals surface area contributed by atoms with Crippen molar-refractivity contribution < 1.29 is 9.53 Å². The summed E-state index contributed by atoms with van der Waals surface area (Å²) in [5.74, 6) is 0. The quantitative estimate of drug-likeness (QED) is 0.736. The summed E-state index contributed by atoms with van der Waals surface area (Å²) < 4.78 is 5.24. The number of anilines is 3. The van der Waals surface area contributed by atoms with Gasteiger partial charge in [0, 0.05) is 11.7 Å². The van der Waals surface area contributed by atoms with Crippen LogP contribution in [-0.4, -0.2) is 17.7 Å². The van der Waals surface area contributed by atoms with E-state index < -0.39 is 11.7 Å². The van der Waals surface area contributed by atoms with Crippen molar-refractivity contribution >= 4 is 23.2 Å². The number of benzene rings is 1. The van der Waals surface area contributed by atoms with Gasteiger partial charge in [-0.2, -0.15) is 0 Å². The van der Waals surface area contributed by atoms with Crippen LogP contribution in [0.15, 0.2) is 18.2 Å². The minimum absolute atomic E-state index is 0.459. The van der Waals surface area contributed by atoms with E-state index >= 15 is 0 Å². The van der Waals surface area contributed by atoms with Crippen molar-refractivity contribution in [1.29, 1.82) is 0 Å². The summed E-state index contributed by atoms with van der Waals surface area (Å²) in [6.07, 6.45) is 4.40. The number of nitrogens with two attached hydrogens (primary N) is 1. The lowest BCUT2D eigenvalue weighted by molar-refractivity contribution is 0.0636. The van der Waals surface area contributed by atoms with E-state index in [4.69, 9.17) is 10.5 Å². The molecule has 2 rings (SSSR count). The lowest BCUT2D eigenvalue weighted by Gasteiger charge is -2.20. The molecule has 5 nitrogen and oxygen atoms in total. The first-order valence-electron chi connectivity index (χ1n) is 7.49. The minimum Gasteiger partial charge on any atom is -0.444 e. The van der Waals surface area contributed by atoms with E-state index in [1.807, 2.05) is 26.8 Å². The Morgan fingerprint density at radius 2 is 1.95 bits per heavy atom. The molecular weight excluding hydrogens is 266 g/mol. The number of carbonyl (C=O) groups excluding carboxylic acids is 1. The number of nitrogen functional groups attached to an aromatic ring is 1. The Kier molecular flexibility index (Phi) is 4.60. The Morgan fingerprint density at radius 3 is 2.57 bits per heavy atom. The van der Waals surface area contributed by atoms with Gasteiger partial charge in [0.15, 0.2) is 0 Å². The van der Waals surface area contributed by atoms with Gasteiger partial charge in [-0.25, -0.2) is 4.79 Å². The first kappa shape index (κ1) is 15.5. The molecule has 0 saturated heterocycles. The second-order valence-corrected chi connectivity index (χ2v) is 6.55. The number of hydrogen-bond acceptors (Lipinski definition) is 4. The van der Waals surface area contributed by atoms with Crippen LogP contribution in [0, 0.1) is 0 Å². The first-order chi connectivity index (χ1) is 9.83. The third-order valence-electron chi connectivity index (χ3n) is 3.41. The van der Waals surface area contributed by atoms with Gasteiger partial charge in [-0.05, 0) is 51.8 Å². The molecule has 5 heteroatoms. The fraction of sp³-hybridized carbons (Fsp3) is 0.562. The van der Waals surface area contributed by atoms with E-state index in [0.29, 0.717) is 17.4 Å². The van der Waals surface area contributed by atoms with Crippen LogP contribution in [0.3, 0.4) is 0 Å². The maximum Gasteiger partial charge on any atom is 0.412 e. The van der Waals surface area contributed by atoms with Crippen molar-refractivity contribution in [1.82, 2.24) is 0 Å². The summed E-state index contributed by atoms with van der Waals surface area (Å²) in [5.41, 5.74) is 7.72. The molecule has 0 radical (unpaired) electrons. The van der Waals surface area contributed by atoms with Gasteiger partial charge < -0.3 is 15.8 Å². The van der Waals surface area contributed by atoms with Crippen molar-refractivity contribution in [3.05, 3.63) is 18.2 Å². The molecule has 4 N–H and O–H groups in total. The van der Waals surface area contributed by atoms with Crippen molar-refractivity contribution in [2.75, 3.05) is 16.4 Å². The highest BCUT2D eigenvalue weighted by Gasteiger charge is 2.18. The highest BCUT2D eigenvalue weighted by molar-refractivity contribution is 5.87. The van der Waals surface area contributed by atoms with Crippen molar-refractivity contribution in [3.8, 4) is 0 Å². The van der Waals surface area contributed by atoms with Crippen LogP contribution in [0.1, 0.15) is 46.5 Å². The van der Waals surface area contributed by atoms with Crippen LogP contribution in [0.25, 0.3) is 0 Å². The van der Waals surface area contributed by atoms with E-state index in [1.165, 1.54) is 25.7 Å². The van der Waals surface area contributed by atoms with Crippen molar-refractivity contribution in [3.63, 3.8) is 0 Å². The Balaban J connectivity index is 2.02. The van der Waals surface area contributed by atoms with Crippen LogP contribution in [-0.2, 0) is 4.74 Å². The van der Waals surface area contributed by atoms with Crippen LogP contribution in [0.4, 0.5) is 21.9 Å². The second-order valence-electron chi connectivity index (χ2n) is 6.55. The van der Waals surface area contributed by atoms with Crippen molar-refractivity contribution in [2.24, 2.45) is 0 Å². The van der Waals surface area contributed by atoms with Gasteiger partial charge in [-0.1, -0.05) is 12.8 Å². The Labute approximate surface area is 126 Å². The Bertz CT molecular complexity index is 503. The first-order valence-corrected chi connectivity index (χ1v) is 7.49. The molecule has 21 heavy (non-hydrogen) atoms. The molecule has 1 fully saturated rings. The van der Waals surface area contributed by atoms with Gasteiger partial charge >= 0.3 is 6.09 Å². The molecule has 0 bridgehead atoms. The molecule has 1 aromatic rings. The number of hydrogen-bond donors (Lipinski definition) is 3. The second kappa shape index (κ2) is 6.24. The van der Waals surface area contributed by atoms with Crippen LogP contribution in [0.2, 0.25) is 0 Å². The average Bonchev–Trinajstić information content (AvgIpc) is 2.84. The van der Waals surface area contributed by atoms with Gasteiger partial charge in [0.2, 0.25) is 0 Å². The predicted octanol–water partition coefficient (Wildman–Crippen LogP) is 3.97. The molecule has 1 aliphatic carbocycles. The fourth-order valence-corrected chi connectivity index (χ4v) is 2.47. The number of ether oxygens (including phenoxy) is 1. The summed E-state index contributed by atoms with van der Waals surface area (Å²) in [6, 6.07) is 5.91. The molecule has 0 heterocycles. The summed E-state index contributed by atoms with van der Waals surface area (Å²) >= 11 is 0. The minimum atomic E-state index is -0.511. The van der Waals surface area contributed by atoms with E-state index in [-0.39, 0.29) is 0 Å². The summed E-state index contributed by atoms with van der Waals surface area (Å²) in [4.78, 5) is 11.8. The van der Waals surface area contributed by atoms with E-state index in [2.05, 4.69) is 10.6 Å². The summed E-state index contributed by atoms with van der Waals surface area (Å²) in [7, 11) is 0. The SMILES string of the molecule is CC(C)(C)OC(=O)Nc1ccc(N)c(NC2CCCC2)c1. The topological polar surface area (TPSA) is 76.4 Å². The molecular formula is C16H25N3O2. The number of amides is 1. The van der Waals surface area contributed by atoms with Gasteiger partial charge in [0.1, 0.15) is 5.60 Å². The molecule has 116 valence electrons. The van der Waals surface area contributed by atoms with E-state index in [0.717, 1.165) is 5.69 Å². The molecule has 0 atom stereocenters. The fourth-order valence-electron chi connectivity index (χ4n) is 2.47. The zero-order valence-corrected chi connectivity index (χ0v) is 13.0. The highest BCUT2D eigenvalue weighted by atomic mass is 16.6. The number of carbonyl (C=O) groups is 1. The van der Waals surface area contributed by atoms with Gasteiger partial charge in [0.25, 0.3) is 0 Å². The average molecular weight is 291 g/mol. The zero-order chi connectivity index (χ0) is 15.5. The van der Waals surface area contributed by atoms with Gasteiger partial charge in [-0.3, -0.25) is 5.32 Å². The standard InChI is InChI=1S/C16H25N3O2/c1-16(2,3)21-15(20)19-12-8-9-13(17)14(10-12)18-11-6-4-5-7-11/h8-11,18H,4-7,17H2,1-3H3,(H,19,20). The molecule has 0 aliphatic heterocycles. The zero-order valence-electron chi connectivity index (χ0n) is 13.0. The summed E-state index contributed by atoms with van der Waals surface area (Å²) in [5, 5.41) is 6.19. The Hall–Kier alpha value is -1.91. The normalized spacial score (nSPS) is 15.8. The molecule has 0 spiro atoms. The van der Waals surface area contributed by atoms with Crippen LogP contribution in [0.5, 0.6) is 0 Å². The van der Waals surface area contributed by atoms with E-state index in [9.17, 15) is 4.79 Å². The third kappa shape index (κ3) is 4.85. The largest absolute Gasteiger partial charge is 0.444 e. The predicted molar refractivity (Wildman–Crippen MR) is 86.6 cm³/mol. The molecule has 1 amide bonds. The number of nitrogens with one attached hydrogen (secondary N) is 2. The van der Waals surface area contributed by atoms with Crippen molar-refractivity contribution in [2.45, 2.75) is 58.1 Å². The van der Waals surface area contributed by atoms with Crippen LogP contribution < -0.4 is 16.4 Å². The summed E-state index contributed by atoms with van der Waals surface area (Å²) in [6.45, 7) is 5.51. The van der Waals surface area contributed by atoms with E-state index in [1.54, 1.807) is 12.1 Å². The molecule has 0 aromatic heterocycles. The smallest absolute Gasteiger partial charge is 0.412 e. The Morgan fingerprint density at radius 1 is 1.29 bits per heavy atom. The lowest BCUT2D eigenvalue weighted by atomic mass is 10.2. The van der Waals surface area contributed by atoms with Crippen LogP contribution >= 0.6 is 0 Å². The molecule has 1 aromatic carbocycles. The maximum atomic E-state index is 11.8. The lowest BCUT2D eigenvalue weighted by Crippen LogP contribution is -2.27. The molecule has 1 saturated carbocycles.